The van der Waals surface area contributed by atoms with E-state index in [1.165, 1.54) is 31.0 Å². The van der Waals surface area contributed by atoms with Gasteiger partial charge in [0.1, 0.15) is 5.82 Å². The van der Waals surface area contributed by atoms with Gasteiger partial charge in [-0.1, -0.05) is 6.42 Å². The molecule has 1 aromatic rings. The van der Waals surface area contributed by atoms with Gasteiger partial charge in [-0.05, 0) is 37.6 Å². The van der Waals surface area contributed by atoms with E-state index in [2.05, 4.69) is 10.6 Å². The highest BCUT2D eigenvalue weighted by Crippen LogP contribution is 2.17. The average molecular weight is 251 g/mol. The second kappa shape index (κ2) is 5.82. The topological polar surface area (TPSA) is 67.2 Å². The molecule has 1 unspecified atom stereocenters. The lowest BCUT2D eigenvalue weighted by atomic mass is 10.0. The van der Waals surface area contributed by atoms with Crippen LogP contribution >= 0.6 is 0 Å². The first-order chi connectivity index (χ1) is 8.66. The summed E-state index contributed by atoms with van der Waals surface area (Å²) < 4.78 is 13.6. The van der Waals surface area contributed by atoms with Gasteiger partial charge in [0.25, 0.3) is 0 Å². The van der Waals surface area contributed by atoms with Gasteiger partial charge in [0.2, 0.25) is 5.91 Å². The zero-order chi connectivity index (χ0) is 13.0. The number of nitrogens with one attached hydrogen (secondary N) is 2. The fraction of sp³-hybridized carbons (Fsp3) is 0.462. The Kier molecular flexibility index (Phi) is 4.15. The molecule has 1 atom stereocenters. The molecule has 4 N–H and O–H groups in total. The first kappa shape index (κ1) is 12.8. The van der Waals surface area contributed by atoms with Gasteiger partial charge in [-0.2, -0.15) is 0 Å². The van der Waals surface area contributed by atoms with Crippen LogP contribution in [0, 0.1) is 5.82 Å². The van der Waals surface area contributed by atoms with E-state index in [0.29, 0.717) is 23.8 Å². The molecule has 1 fully saturated rings. The molecule has 18 heavy (non-hydrogen) atoms. The van der Waals surface area contributed by atoms with Crippen LogP contribution < -0.4 is 16.4 Å². The number of benzene rings is 1. The van der Waals surface area contributed by atoms with Gasteiger partial charge < -0.3 is 16.4 Å². The van der Waals surface area contributed by atoms with E-state index in [0.717, 1.165) is 13.0 Å². The molecular weight excluding hydrogens is 233 g/mol. The number of amides is 1. The summed E-state index contributed by atoms with van der Waals surface area (Å²) in [4.78, 5) is 11.0. The molecule has 98 valence electrons. The first-order valence-corrected chi connectivity index (χ1v) is 6.23. The van der Waals surface area contributed by atoms with Crippen LogP contribution in [0.25, 0.3) is 0 Å². The van der Waals surface area contributed by atoms with Crippen molar-refractivity contribution < 1.29 is 9.18 Å². The zero-order valence-corrected chi connectivity index (χ0v) is 10.2. The number of piperidine rings is 1. The highest BCUT2D eigenvalue weighted by atomic mass is 19.1. The van der Waals surface area contributed by atoms with E-state index in [1.54, 1.807) is 0 Å². The van der Waals surface area contributed by atoms with Gasteiger partial charge in [0.05, 0.1) is 5.69 Å². The van der Waals surface area contributed by atoms with Crippen molar-refractivity contribution >= 4 is 11.6 Å². The molecule has 1 aliphatic rings. The van der Waals surface area contributed by atoms with Crippen LogP contribution in [0.5, 0.6) is 0 Å². The minimum Gasteiger partial charge on any atom is -0.381 e. The van der Waals surface area contributed by atoms with Crippen LogP contribution in [0.4, 0.5) is 10.1 Å². The summed E-state index contributed by atoms with van der Waals surface area (Å²) in [6, 6.07) is 4.47. The summed E-state index contributed by atoms with van der Waals surface area (Å²) in [5.41, 5.74) is 5.82. The number of carbonyl (C=O) groups is 1. The summed E-state index contributed by atoms with van der Waals surface area (Å²) in [6.07, 6.45) is 3.48. The summed E-state index contributed by atoms with van der Waals surface area (Å²) in [7, 11) is 0. The van der Waals surface area contributed by atoms with Crippen molar-refractivity contribution in [3.05, 3.63) is 29.6 Å². The van der Waals surface area contributed by atoms with Gasteiger partial charge >= 0.3 is 0 Å². The standard InChI is InChI=1S/C13H18FN3O/c14-11-5-4-9(13(15)18)7-12(11)17-8-10-3-1-2-6-16-10/h4-5,7,10,16-17H,1-3,6,8H2,(H2,15,18). The van der Waals surface area contributed by atoms with Crippen molar-refractivity contribution in [3.8, 4) is 0 Å². The minimum absolute atomic E-state index is 0.315. The lowest BCUT2D eigenvalue weighted by Crippen LogP contribution is -2.39. The van der Waals surface area contributed by atoms with E-state index < -0.39 is 5.91 Å². The van der Waals surface area contributed by atoms with E-state index in [-0.39, 0.29) is 5.82 Å². The maximum Gasteiger partial charge on any atom is 0.248 e. The van der Waals surface area contributed by atoms with Gasteiger partial charge in [-0.3, -0.25) is 4.79 Å². The number of nitrogens with two attached hydrogens (primary N) is 1. The monoisotopic (exact) mass is 251 g/mol. The number of hydrogen-bond donors (Lipinski definition) is 3. The lowest BCUT2D eigenvalue weighted by Gasteiger charge is -2.24. The number of hydrogen-bond acceptors (Lipinski definition) is 3. The third-order valence-corrected chi connectivity index (χ3v) is 3.20. The zero-order valence-electron chi connectivity index (χ0n) is 10.2. The molecule has 4 nitrogen and oxygen atoms in total. The Bertz CT molecular complexity index is 430. The molecule has 5 heteroatoms. The molecule has 1 heterocycles. The Morgan fingerprint density at radius 3 is 3.00 bits per heavy atom. The van der Waals surface area contributed by atoms with Crippen LogP contribution in [-0.4, -0.2) is 25.0 Å². The highest BCUT2D eigenvalue weighted by Gasteiger charge is 2.13. The second-order valence-electron chi connectivity index (χ2n) is 4.59. The molecular formula is C13H18FN3O. The van der Waals surface area contributed by atoms with E-state index in [4.69, 9.17) is 5.73 Å². The first-order valence-electron chi connectivity index (χ1n) is 6.23. The summed E-state index contributed by atoms with van der Waals surface area (Å²) >= 11 is 0. The van der Waals surface area contributed by atoms with Crippen molar-refractivity contribution in [2.75, 3.05) is 18.4 Å². The summed E-state index contributed by atoms with van der Waals surface area (Å²) in [5, 5.41) is 6.40. The highest BCUT2D eigenvalue weighted by molar-refractivity contribution is 5.93. The van der Waals surface area contributed by atoms with Crippen LogP contribution in [0.2, 0.25) is 0 Å². The van der Waals surface area contributed by atoms with Crippen LogP contribution in [-0.2, 0) is 0 Å². The number of primary amides is 1. The Morgan fingerprint density at radius 1 is 1.50 bits per heavy atom. The fourth-order valence-electron chi connectivity index (χ4n) is 2.15. The number of halogens is 1. The molecule has 1 amide bonds. The number of anilines is 1. The SMILES string of the molecule is NC(=O)c1ccc(F)c(NCC2CCCCN2)c1. The molecule has 1 saturated heterocycles. The third-order valence-electron chi connectivity index (χ3n) is 3.20. The van der Waals surface area contributed by atoms with E-state index in [9.17, 15) is 9.18 Å². The molecule has 0 aromatic heterocycles. The maximum absolute atomic E-state index is 13.6. The number of rotatable bonds is 4. The molecule has 1 aromatic carbocycles. The van der Waals surface area contributed by atoms with Crippen LogP contribution in [0.1, 0.15) is 29.6 Å². The van der Waals surface area contributed by atoms with Gasteiger partial charge in [-0.15, -0.1) is 0 Å². The fourth-order valence-corrected chi connectivity index (χ4v) is 2.15. The van der Waals surface area contributed by atoms with Gasteiger partial charge in [0.15, 0.2) is 0 Å². The van der Waals surface area contributed by atoms with Crippen LogP contribution in [0.15, 0.2) is 18.2 Å². The molecule has 2 rings (SSSR count). The molecule has 1 aliphatic heterocycles. The van der Waals surface area contributed by atoms with E-state index >= 15 is 0 Å². The Balaban J connectivity index is 1.99. The largest absolute Gasteiger partial charge is 0.381 e. The van der Waals surface area contributed by atoms with Gasteiger partial charge in [-0.25, -0.2) is 4.39 Å². The molecule has 0 aliphatic carbocycles. The summed E-state index contributed by atoms with van der Waals surface area (Å²) in [6.45, 7) is 1.66. The Hall–Kier alpha value is -1.62. The maximum atomic E-state index is 13.6. The van der Waals surface area contributed by atoms with Crippen molar-refractivity contribution in [2.45, 2.75) is 25.3 Å². The van der Waals surface area contributed by atoms with Crippen molar-refractivity contribution in [2.24, 2.45) is 5.73 Å². The van der Waals surface area contributed by atoms with Gasteiger partial charge in [0, 0.05) is 18.2 Å². The van der Waals surface area contributed by atoms with Crippen molar-refractivity contribution in [1.82, 2.24) is 5.32 Å². The molecule has 0 radical (unpaired) electrons. The smallest absolute Gasteiger partial charge is 0.248 e. The van der Waals surface area contributed by atoms with E-state index in [1.807, 2.05) is 0 Å². The molecule has 0 bridgehead atoms. The van der Waals surface area contributed by atoms with Crippen LogP contribution in [0.3, 0.4) is 0 Å². The predicted molar refractivity (Wildman–Crippen MR) is 69.0 cm³/mol. The second-order valence-corrected chi connectivity index (χ2v) is 4.59. The average Bonchev–Trinajstić information content (AvgIpc) is 2.38. The van der Waals surface area contributed by atoms with Crippen molar-refractivity contribution in [3.63, 3.8) is 0 Å². The normalized spacial score (nSPS) is 19.5. The Labute approximate surface area is 106 Å². The minimum atomic E-state index is -0.547. The summed E-state index contributed by atoms with van der Waals surface area (Å²) in [5.74, 6) is -0.912. The lowest BCUT2D eigenvalue weighted by molar-refractivity contribution is 0.100. The quantitative estimate of drug-likeness (QED) is 0.759. The predicted octanol–water partition coefficient (Wildman–Crippen LogP) is 1.48. The number of carbonyl (C=O) groups excluding carboxylic acids is 1. The molecule has 0 spiro atoms. The molecule has 0 saturated carbocycles. The Morgan fingerprint density at radius 2 is 2.33 bits per heavy atom. The third kappa shape index (κ3) is 3.20. The van der Waals surface area contributed by atoms with Crippen molar-refractivity contribution in [1.29, 1.82) is 0 Å².